The monoisotopic (exact) mass is 362 g/mol. The van der Waals surface area contributed by atoms with Crippen LogP contribution in [0.2, 0.25) is 0 Å². The van der Waals surface area contributed by atoms with Crippen molar-refractivity contribution in [2.45, 2.75) is 20.8 Å². The van der Waals surface area contributed by atoms with Crippen molar-refractivity contribution in [2.75, 3.05) is 18.5 Å². The molecule has 2 rings (SSSR count). The minimum atomic E-state index is -0.603. The maximum absolute atomic E-state index is 12.4. The minimum Gasteiger partial charge on any atom is -0.462 e. The van der Waals surface area contributed by atoms with Crippen LogP contribution in [0.15, 0.2) is 24.5 Å². The highest BCUT2D eigenvalue weighted by Crippen LogP contribution is 2.34. The molecular formula is C17H18N2O5S. The van der Waals surface area contributed by atoms with Crippen LogP contribution in [-0.4, -0.2) is 36.0 Å². The second-order valence-electron chi connectivity index (χ2n) is 4.90. The number of carbonyl (C=O) groups is 3. The minimum absolute atomic E-state index is 0.159. The average Bonchev–Trinajstić information content (AvgIpc) is 2.92. The molecule has 0 radical (unpaired) electrons. The van der Waals surface area contributed by atoms with E-state index in [1.54, 1.807) is 39.1 Å². The third-order valence-electron chi connectivity index (χ3n) is 3.24. The highest BCUT2D eigenvalue weighted by molar-refractivity contribution is 7.18. The van der Waals surface area contributed by atoms with Gasteiger partial charge < -0.3 is 14.8 Å². The van der Waals surface area contributed by atoms with Crippen molar-refractivity contribution in [2.24, 2.45) is 0 Å². The van der Waals surface area contributed by atoms with Gasteiger partial charge in [-0.05, 0) is 38.5 Å². The van der Waals surface area contributed by atoms with Crippen LogP contribution in [0.5, 0.6) is 0 Å². The number of thiophene rings is 1. The topological polar surface area (TPSA) is 94.6 Å². The van der Waals surface area contributed by atoms with Gasteiger partial charge in [0.1, 0.15) is 9.88 Å². The number of pyridine rings is 1. The number of rotatable bonds is 6. The summed E-state index contributed by atoms with van der Waals surface area (Å²) in [5.74, 6) is -1.58. The van der Waals surface area contributed by atoms with E-state index >= 15 is 0 Å². The molecule has 2 heterocycles. The summed E-state index contributed by atoms with van der Waals surface area (Å²) in [5, 5.41) is 2.90. The van der Waals surface area contributed by atoms with Gasteiger partial charge >= 0.3 is 11.9 Å². The fourth-order valence-corrected chi connectivity index (χ4v) is 3.20. The SMILES string of the molecule is CCOC(=O)c1sc(NC(=O)c2cccnc2)c(C(=O)OCC)c1C. The molecule has 0 aliphatic heterocycles. The number of carbonyl (C=O) groups excluding carboxylic acids is 3. The smallest absolute Gasteiger partial charge is 0.348 e. The lowest BCUT2D eigenvalue weighted by Gasteiger charge is -2.07. The standard InChI is InChI=1S/C17H18N2O5S/c1-4-23-16(21)12-10(3)13(17(22)24-5-2)25-15(12)19-14(20)11-7-6-8-18-9-11/h6-9H,4-5H2,1-3H3,(H,19,20). The Labute approximate surface area is 149 Å². The van der Waals surface area contributed by atoms with Crippen LogP contribution in [0.3, 0.4) is 0 Å². The summed E-state index contributed by atoms with van der Waals surface area (Å²) >= 11 is 0.984. The number of anilines is 1. The Kier molecular flexibility index (Phi) is 6.24. The van der Waals surface area contributed by atoms with Gasteiger partial charge in [-0.1, -0.05) is 0 Å². The van der Waals surface area contributed by atoms with Gasteiger partial charge in [0.25, 0.3) is 5.91 Å². The average molecular weight is 362 g/mol. The van der Waals surface area contributed by atoms with Crippen LogP contribution in [0.4, 0.5) is 5.00 Å². The second-order valence-corrected chi connectivity index (χ2v) is 5.92. The van der Waals surface area contributed by atoms with E-state index < -0.39 is 17.8 Å². The van der Waals surface area contributed by atoms with Gasteiger partial charge in [0.05, 0.1) is 24.3 Å². The van der Waals surface area contributed by atoms with Gasteiger partial charge in [-0.2, -0.15) is 0 Å². The molecule has 1 amide bonds. The first kappa shape index (κ1) is 18.6. The molecule has 0 spiro atoms. The Balaban J connectivity index is 2.41. The third kappa shape index (κ3) is 4.21. The molecule has 25 heavy (non-hydrogen) atoms. The largest absolute Gasteiger partial charge is 0.462 e. The molecule has 0 aromatic carbocycles. The molecular weight excluding hydrogens is 344 g/mol. The summed E-state index contributed by atoms with van der Waals surface area (Å²) in [6, 6.07) is 3.23. The van der Waals surface area contributed by atoms with Crippen LogP contribution < -0.4 is 5.32 Å². The first-order valence-electron chi connectivity index (χ1n) is 7.68. The van der Waals surface area contributed by atoms with E-state index in [0.29, 0.717) is 11.1 Å². The summed E-state index contributed by atoms with van der Waals surface area (Å²) in [6.45, 7) is 5.38. The number of ether oxygens (including phenoxy) is 2. The number of amides is 1. The molecule has 1 N–H and O–H groups in total. The lowest BCUT2D eigenvalue weighted by molar-refractivity contribution is 0.0527. The Morgan fingerprint density at radius 2 is 1.84 bits per heavy atom. The van der Waals surface area contributed by atoms with Crippen molar-refractivity contribution in [3.8, 4) is 0 Å². The molecule has 0 aliphatic rings. The zero-order valence-corrected chi connectivity index (χ0v) is 14.9. The van der Waals surface area contributed by atoms with E-state index in [1.165, 1.54) is 6.20 Å². The van der Waals surface area contributed by atoms with E-state index in [0.717, 1.165) is 11.3 Å². The molecule has 8 heteroatoms. The molecule has 2 aromatic rings. The van der Waals surface area contributed by atoms with Crippen LogP contribution in [-0.2, 0) is 9.47 Å². The zero-order valence-electron chi connectivity index (χ0n) is 14.1. The zero-order chi connectivity index (χ0) is 18.4. The first-order valence-corrected chi connectivity index (χ1v) is 8.50. The van der Waals surface area contributed by atoms with Gasteiger partial charge in [-0.15, -0.1) is 11.3 Å². The van der Waals surface area contributed by atoms with Crippen molar-refractivity contribution in [1.82, 2.24) is 4.98 Å². The Hall–Kier alpha value is -2.74. The number of esters is 2. The van der Waals surface area contributed by atoms with Crippen molar-refractivity contribution < 1.29 is 23.9 Å². The predicted molar refractivity (Wildman–Crippen MR) is 93.2 cm³/mol. The summed E-state index contributed by atoms with van der Waals surface area (Å²) in [7, 11) is 0. The Morgan fingerprint density at radius 3 is 2.44 bits per heavy atom. The second kappa shape index (κ2) is 8.39. The van der Waals surface area contributed by atoms with Crippen LogP contribution >= 0.6 is 11.3 Å². The number of hydrogen-bond donors (Lipinski definition) is 1. The van der Waals surface area contributed by atoms with E-state index in [-0.39, 0.29) is 28.7 Å². The van der Waals surface area contributed by atoms with Gasteiger partial charge in [0.15, 0.2) is 0 Å². The van der Waals surface area contributed by atoms with E-state index in [9.17, 15) is 14.4 Å². The van der Waals surface area contributed by atoms with Gasteiger partial charge in [0.2, 0.25) is 0 Å². The number of hydrogen-bond acceptors (Lipinski definition) is 7. The fourth-order valence-electron chi connectivity index (χ4n) is 2.11. The van der Waals surface area contributed by atoms with Crippen LogP contribution in [0.1, 0.15) is 49.8 Å². The molecule has 0 bridgehead atoms. The highest BCUT2D eigenvalue weighted by Gasteiger charge is 2.27. The fraction of sp³-hybridized carbons (Fsp3) is 0.294. The van der Waals surface area contributed by atoms with Crippen molar-refractivity contribution in [3.05, 3.63) is 46.1 Å². The maximum atomic E-state index is 12.4. The number of nitrogens with one attached hydrogen (secondary N) is 1. The lowest BCUT2D eigenvalue weighted by Crippen LogP contribution is -2.15. The highest BCUT2D eigenvalue weighted by atomic mass is 32.1. The molecule has 132 valence electrons. The van der Waals surface area contributed by atoms with E-state index in [1.807, 2.05) is 0 Å². The van der Waals surface area contributed by atoms with Crippen molar-refractivity contribution >= 4 is 34.2 Å². The molecule has 0 aliphatic carbocycles. The van der Waals surface area contributed by atoms with Gasteiger partial charge in [-0.25, -0.2) is 9.59 Å². The molecule has 0 unspecified atom stereocenters. The van der Waals surface area contributed by atoms with Crippen LogP contribution in [0, 0.1) is 6.92 Å². The molecule has 7 nitrogen and oxygen atoms in total. The van der Waals surface area contributed by atoms with E-state index in [4.69, 9.17) is 9.47 Å². The van der Waals surface area contributed by atoms with Crippen molar-refractivity contribution in [3.63, 3.8) is 0 Å². The number of nitrogens with zero attached hydrogens (tertiary/aromatic N) is 1. The summed E-state index contributed by atoms with van der Waals surface area (Å²) in [6.07, 6.45) is 2.96. The molecule has 2 aromatic heterocycles. The first-order chi connectivity index (χ1) is 12.0. The Bertz CT molecular complexity index is 786. The molecule has 0 saturated carbocycles. The van der Waals surface area contributed by atoms with Crippen LogP contribution in [0.25, 0.3) is 0 Å². The molecule has 0 atom stereocenters. The summed E-state index contributed by atoms with van der Waals surface area (Å²) in [5.41, 5.74) is 0.913. The number of aromatic nitrogens is 1. The van der Waals surface area contributed by atoms with Gasteiger partial charge in [-0.3, -0.25) is 9.78 Å². The third-order valence-corrected chi connectivity index (χ3v) is 4.43. The quantitative estimate of drug-likeness (QED) is 0.794. The normalized spacial score (nSPS) is 10.2. The predicted octanol–water partition coefficient (Wildman–Crippen LogP) is 3.06. The van der Waals surface area contributed by atoms with E-state index in [2.05, 4.69) is 10.3 Å². The van der Waals surface area contributed by atoms with Gasteiger partial charge in [0, 0.05) is 12.4 Å². The lowest BCUT2D eigenvalue weighted by atomic mass is 10.1. The summed E-state index contributed by atoms with van der Waals surface area (Å²) in [4.78, 5) is 40.8. The summed E-state index contributed by atoms with van der Waals surface area (Å²) < 4.78 is 10.0. The Morgan fingerprint density at radius 1 is 1.16 bits per heavy atom. The maximum Gasteiger partial charge on any atom is 0.348 e. The van der Waals surface area contributed by atoms with Crippen molar-refractivity contribution in [1.29, 1.82) is 0 Å². The molecule has 0 fully saturated rings. The molecule has 0 saturated heterocycles.